The first kappa shape index (κ1) is 17.6. The maximum atomic E-state index is 2.47. The Morgan fingerprint density at radius 3 is 1.17 bits per heavy atom. The van der Waals surface area contributed by atoms with Crippen LogP contribution in [0.15, 0.2) is 109 Å². The molecule has 4 aromatic heterocycles. The van der Waals surface area contributed by atoms with Crippen LogP contribution in [0.25, 0.3) is 87.0 Å². The van der Waals surface area contributed by atoms with Crippen LogP contribution in [0.2, 0.25) is 0 Å². The standard InChI is InChI=1S/C34H18N2/c1-3-13-29-21(7-1)23-9-5-11-25-27-15-20-18-32-28(16-19(20)17-31(27)35(29)33(23)25)26-12-6-10-24-22-8-2-4-14-30(22)36(32)34(24)26/h1-18H. The van der Waals surface area contributed by atoms with Crippen molar-refractivity contribution < 1.29 is 0 Å². The van der Waals surface area contributed by atoms with Gasteiger partial charge in [0, 0.05) is 43.1 Å². The molecule has 2 heteroatoms. The Morgan fingerprint density at radius 2 is 0.694 bits per heavy atom. The van der Waals surface area contributed by atoms with E-state index in [9.17, 15) is 0 Å². The molecule has 10 aromatic rings. The third-order valence-electron chi connectivity index (χ3n) is 8.52. The fourth-order valence-electron chi connectivity index (χ4n) is 7.10. The number of fused-ring (bicyclic) bond motifs is 13. The highest BCUT2D eigenvalue weighted by Crippen LogP contribution is 2.43. The van der Waals surface area contributed by atoms with E-state index in [1.54, 1.807) is 0 Å². The van der Waals surface area contributed by atoms with Crippen molar-refractivity contribution in [3.8, 4) is 0 Å². The van der Waals surface area contributed by atoms with Crippen molar-refractivity contribution in [2.75, 3.05) is 0 Å². The van der Waals surface area contributed by atoms with Gasteiger partial charge in [-0.15, -0.1) is 0 Å². The highest BCUT2D eigenvalue weighted by atomic mass is 14.9. The first-order valence-corrected chi connectivity index (χ1v) is 12.5. The van der Waals surface area contributed by atoms with E-state index >= 15 is 0 Å². The summed E-state index contributed by atoms with van der Waals surface area (Å²) in [5.41, 5.74) is 7.81. The normalized spacial score (nSPS) is 13.0. The number of aromatic nitrogens is 2. The van der Waals surface area contributed by atoms with Crippen LogP contribution < -0.4 is 0 Å². The third-order valence-corrected chi connectivity index (χ3v) is 8.52. The molecule has 36 heavy (non-hydrogen) atoms. The smallest absolute Gasteiger partial charge is 0.0620 e. The van der Waals surface area contributed by atoms with Crippen LogP contribution in [0.4, 0.5) is 0 Å². The number of rotatable bonds is 0. The van der Waals surface area contributed by atoms with Gasteiger partial charge in [0.25, 0.3) is 0 Å². The van der Waals surface area contributed by atoms with E-state index in [1.807, 2.05) is 0 Å². The molecule has 0 atom stereocenters. The van der Waals surface area contributed by atoms with Crippen LogP contribution in [0.3, 0.4) is 0 Å². The fraction of sp³-hybridized carbons (Fsp3) is 0. The summed E-state index contributed by atoms with van der Waals surface area (Å²) in [7, 11) is 0. The molecule has 0 saturated heterocycles. The first-order chi connectivity index (χ1) is 17.9. The SMILES string of the molecule is c1ccc2c(c1)c1cccc3c4cc5cc6c(cc5cc4n2c13)c1cccc2c3ccccc3n6c21. The zero-order chi connectivity index (χ0) is 23.1. The highest BCUT2D eigenvalue weighted by molar-refractivity contribution is 6.27. The molecule has 0 spiro atoms. The molecule has 4 heterocycles. The average Bonchev–Trinajstić information content (AvgIpc) is 3.64. The van der Waals surface area contributed by atoms with Crippen molar-refractivity contribution in [1.82, 2.24) is 8.80 Å². The molecule has 0 radical (unpaired) electrons. The third kappa shape index (κ3) is 1.81. The zero-order valence-electron chi connectivity index (χ0n) is 19.3. The molecule has 0 unspecified atom stereocenters. The Kier molecular flexibility index (Phi) is 2.78. The maximum Gasteiger partial charge on any atom is 0.0620 e. The number of para-hydroxylation sites is 4. The van der Waals surface area contributed by atoms with Gasteiger partial charge in [-0.1, -0.05) is 72.8 Å². The summed E-state index contributed by atoms with van der Waals surface area (Å²) >= 11 is 0. The van der Waals surface area contributed by atoms with Crippen LogP contribution in [0.5, 0.6) is 0 Å². The second kappa shape index (κ2) is 5.69. The Bertz CT molecular complexity index is 2340. The van der Waals surface area contributed by atoms with Crippen molar-refractivity contribution >= 4 is 87.0 Å². The van der Waals surface area contributed by atoms with Gasteiger partial charge in [-0.05, 0) is 47.2 Å². The van der Waals surface area contributed by atoms with E-state index < -0.39 is 0 Å². The Balaban J connectivity index is 1.45. The van der Waals surface area contributed by atoms with Gasteiger partial charge in [0.15, 0.2) is 0 Å². The number of hydrogen-bond donors (Lipinski definition) is 0. The predicted molar refractivity (Wildman–Crippen MR) is 153 cm³/mol. The van der Waals surface area contributed by atoms with E-state index in [0.717, 1.165) is 0 Å². The average molecular weight is 455 g/mol. The maximum absolute atomic E-state index is 2.47. The molecule has 0 saturated carbocycles. The van der Waals surface area contributed by atoms with Crippen LogP contribution in [-0.2, 0) is 0 Å². The highest BCUT2D eigenvalue weighted by Gasteiger charge is 2.20. The number of benzene rings is 6. The van der Waals surface area contributed by atoms with Crippen molar-refractivity contribution in [1.29, 1.82) is 0 Å². The Labute approximate surface area is 204 Å². The van der Waals surface area contributed by atoms with Crippen LogP contribution in [0.1, 0.15) is 0 Å². The molecule has 0 aliphatic rings. The molecule has 0 aliphatic carbocycles. The Morgan fingerprint density at radius 1 is 0.306 bits per heavy atom. The summed E-state index contributed by atoms with van der Waals surface area (Å²) in [6.07, 6.45) is 0. The van der Waals surface area contributed by atoms with E-state index in [2.05, 4.69) is 118 Å². The quantitative estimate of drug-likeness (QED) is 0.216. The van der Waals surface area contributed by atoms with Crippen LogP contribution >= 0.6 is 0 Å². The molecule has 0 aliphatic heterocycles. The largest absolute Gasteiger partial charge is 0.308 e. The molecular weight excluding hydrogens is 436 g/mol. The summed E-state index contributed by atoms with van der Waals surface area (Å²) in [5, 5.41) is 13.2. The summed E-state index contributed by atoms with van der Waals surface area (Å²) in [6, 6.07) is 40.7. The van der Waals surface area contributed by atoms with Gasteiger partial charge in [-0.25, -0.2) is 0 Å². The van der Waals surface area contributed by atoms with Gasteiger partial charge in [-0.2, -0.15) is 0 Å². The lowest BCUT2D eigenvalue weighted by Gasteiger charge is -2.04. The summed E-state index contributed by atoms with van der Waals surface area (Å²) in [6.45, 7) is 0. The predicted octanol–water partition coefficient (Wildman–Crippen LogP) is 9.14. The second-order valence-electron chi connectivity index (χ2n) is 10.2. The van der Waals surface area contributed by atoms with E-state index in [0.29, 0.717) is 0 Å². The molecule has 10 rings (SSSR count). The van der Waals surface area contributed by atoms with Crippen molar-refractivity contribution in [2.24, 2.45) is 0 Å². The second-order valence-corrected chi connectivity index (χ2v) is 10.2. The van der Waals surface area contributed by atoms with E-state index in [4.69, 9.17) is 0 Å². The molecule has 6 aromatic carbocycles. The fourth-order valence-corrected chi connectivity index (χ4v) is 7.10. The lowest BCUT2D eigenvalue weighted by atomic mass is 10.0. The minimum absolute atomic E-state index is 1.28. The molecule has 164 valence electrons. The van der Waals surface area contributed by atoms with E-state index in [1.165, 1.54) is 87.0 Å². The van der Waals surface area contributed by atoms with Crippen molar-refractivity contribution in [3.63, 3.8) is 0 Å². The van der Waals surface area contributed by atoms with Gasteiger partial charge < -0.3 is 8.80 Å². The van der Waals surface area contributed by atoms with E-state index in [-0.39, 0.29) is 0 Å². The topological polar surface area (TPSA) is 8.82 Å². The van der Waals surface area contributed by atoms with Gasteiger partial charge >= 0.3 is 0 Å². The van der Waals surface area contributed by atoms with Gasteiger partial charge in [-0.3, -0.25) is 0 Å². The molecule has 2 nitrogen and oxygen atoms in total. The van der Waals surface area contributed by atoms with Crippen LogP contribution in [-0.4, -0.2) is 8.80 Å². The number of hydrogen-bond acceptors (Lipinski definition) is 0. The van der Waals surface area contributed by atoms with Gasteiger partial charge in [0.05, 0.1) is 33.1 Å². The monoisotopic (exact) mass is 454 g/mol. The molecule has 0 fully saturated rings. The summed E-state index contributed by atoms with van der Waals surface area (Å²) < 4.78 is 4.94. The lowest BCUT2D eigenvalue weighted by molar-refractivity contribution is 1.37. The minimum Gasteiger partial charge on any atom is -0.308 e. The Hall–Kier alpha value is -4.82. The summed E-state index contributed by atoms with van der Waals surface area (Å²) in [5.74, 6) is 0. The van der Waals surface area contributed by atoms with Crippen molar-refractivity contribution in [2.45, 2.75) is 0 Å². The minimum atomic E-state index is 1.28. The molecular formula is C34H18N2. The molecule has 0 N–H and O–H groups in total. The zero-order valence-corrected chi connectivity index (χ0v) is 19.3. The van der Waals surface area contributed by atoms with Gasteiger partial charge in [0.1, 0.15) is 0 Å². The van der Waals surface area contributed by atoms with Crippen molar-refractivity contribution in [3.05, 3.63) is 109 Å². The molecule has 0 bridgehead atoms. The van der Waals surface area contributed by atoms with Crippen LogP contribution in [0, 0.1) is 0 Å². The number of nitrogens with zero attached hydrogens (tertiary/aromatic N) is 2. The first-order valence-electron chi connectivity index (χ1n) is 12.5. The van der Waals surface area contributed by atoms with Gasteiger partial charge in [0.2, 0.25) is 0 Å². The lowest BCUT2D eigenvalue weighted by Crippen LogP contribution is -1.83. The summed E-state index contributed by atoms with van der Waals surface area (Å²) in [4.78, 5) is 0. The molecule has 0 amide bonds.